The van der Waals surface area contributed by atoms with Crippen LogP contribution in [0, 0.1) is 0 Å². The number of rotatable bonds is 1. The van der Waals surface area contributed by atoms with Gasteiger partial charge in [0.25, 0.3) is 0 Å². The first-order chi connectivity index (χ1) is 9.92. The molecule has 1 aromatic heterocycles. The highest BCUT2D eigenvalue weighted by atomic mass is 14.6. The normalized spacial score (nSPS) is 11.0. The molecule has 1 heterocycles. The average Bonchev–Trinajstić information content (AvgIpc) is 2.55. The maximum Gasteiger partial charge on any atom is 0.0780 e. The van der Waals surface area contributed by atoms with E-state index in [0.29, 0.717) is 0 Å². The Labute approximate surface area is 117 Å². The minimum atomic E-state index is 1.07. The van der Waals surface area contributed by atoms with Crippen LogP contribution in [0.3, 0.4) is 0 Å². The molecule has 1 nitrogen and oxygen atoms in total. The zero-order valence-corrected chi connectivity index (χ0v) is 11.0. The van der Waals surface area contributed by atoms with Gasteiger partial charge in [-0.25, -0.2) is 0 Å². The highest BCUT2D eigenvalue weighted by molar-refractivity contribution is 6.06. The molecule has 0 N–H and O–H groups in total. The molecule has 0 aliphatic rings. The van der Waals surface area contributed by atoms with Crippen LogP contribution in [-0.4, -0.2) is 4.98 Å². The lowest BCUT2D eigenvalue weighted by atomic mass is 9.99. The first-order valence-corrected chi connectivity index (χ1v) is 6.75. The predicted octanol–water partition coefficient (Wildman–Crippen LogP) is 5.06. The van der Waals surface area contributed by atoms with Crippen molar-refractivity contribution in [2.45, 2.75) is 0 Å². The Morgan fingerprint density at radius 1 is 0.600 bits per heavy atom. The summed E-state index contributed by atoms with van der Waals surface area (Å²) in [7, 11) is 0. The van der Waals surface area contributed by atoms with Crippen molar-refractivity contribution in [2.75, 3.05) is 0 Å². The molecule has 4 rings (SSSR count). The molecule has 0 unspecified atom stereocenters. The fraction of sp³-hybridized carbons (Fsp3) is 0. The Balaban J connectivity index is 2.05. The quantitative estimate of drug-likeness (QED) is 0.433. The molecule has 0 saturated carbocycles. The van der Waals surface area contributed by atoms with Gasteiger partial charge in [-0.2, -0.15) is 0 Å². The Kier molecular flexibility index (Phi) is 2.49. The summed E-state index contributed by atoms with van der Waals surface area (Å²) in [5, 5.41) is 3.63. The summed E-state index contributed by atoms with van der Waals surface area (Å²) >= 11 is 0. The SMILES string of the molecule is c1ccc(-c2ccc3ccc4cccnc4c3c2)cc1. The highest BCUT2D eigenvalue weighted by Crippen LogP contribution is 2.28. The van der Waals surface area contributed by atoms with Crippen LogP contribution in [0.4, 0.5) is 0 Å². The van der Waals surface area contributed by atoms with Gasteiger partial charge >= 0.3 is 0 Å². The van der Waals surface area contributed by atoms with Crippen LogP contribution in [0.1, 0.15) is 0 Å². The summed E-state index contributed by atoms with van der Waals surface area (Å²) in [6, 6.07) is 25.4. The summed E-state index contributed by atoms with van der Waals surface area (Å²) in [6.45, 7) is 0. The minimum Gasteiger partial charge on any atom is -0.256 e. The standard InChI is InChI=1S/C19H13N/c1-2-5-14(6-3-1)17-11-9-15-8-10-16-7-4-12-20-19(16)18(15)13-17/h1-13H. The lowest BCUT2D eigenvalue weighted by Gasteiger charge is -2.06. The Morgan fingerprint density at radius 2 is 1.40 bits per heavy atom. The van der Waals surface area contributed by atoms with Gasteiger partial charge in [-0.3, -0.25) is 4.98 Å². The van der Waals surface area contributed by atoms with Gasteiger partial charge in [0.15, 0.2) is 0 Å². The lowest BCUT2D eigenvalue weighted by molar-refractivity contribution is 1.43. The molecule has 4 aromatic rings. The van der Waals surface area contributed by atoms with E-state index in [-0.39, 0.29) is 0 Å². The number of hydrogen-bond acceptors (Lipinski definition) is 1. The number of hydrogen-bond donors (Lipinski definition) is 0. The number of benzene rings is 3. The van der Waals surface area contributed by atoms with Crippen molar-refractivity contribution in [1.29, 1.82) is 0 Å². The van der Waals surface area contributed by atoms with Gasteiger partial charge in [-0.1, -0.05) is 60.7 Å². The van der Waals surface area contributed by atoms with Crippen molar-refractivity contribution in [1.82, 2.24) is 4.98 Å². The molecule has 0 aliphatic carbocycles. The fourth-order valence-corrected chi connectivity index (χ4v) is 2.67. The summed E-state index contributed by atoms with van der Waals surface area (Å²) in [6.07, 6.45) is 1.86. The Morgan fingerprint density at radius 3 is 2.30 bits per heavy atom. The second-order valence-electron chi connectivity index (χ2n) is 4.94. The van der Waals surface area contributed by atoms with Crippen molar-refractivity contribution in [2.24, 2.45) is 0 Å². The third-order valence-electron chi connectivity index (χ3n) is 3.70. The van der Waals surface area contributed by atoms with Crippen molar-refractivity contribution in [3.8, 4) is 11.1 Å². The van der Waals surface area contributed by atoms with Crippen molar-refractivity contribution < 1.29 is 0 Å². The van der Waals surface area contributed by atoms with Crippen molar-refractivity contribution in [3.05, 3.63) is 79.0 Å². The summed E-state index contributed by atoms with van der Waals surface area (Å²) in [5.41, 5.74) is 3.54. The molecule has 20 heavy (non-hydrogen) atoms. The van der Waals surface area contributed by atoms with Crippen LogP contribution >= 0.6 is 0 Å². The number of nitrogens with zero attached hydrogens (tertiary/aromatic N) is 1. The molecule has 94 valence electrons. The number of aromatic nitrogens is 1. The highest BCUT2D eigenvalue weighted by Gasteiger charge is 2.03. The fourth-order valence-electron chi connectivity index (χ4n) is 2.67. The molecule has 0 radical (unpaired) electrons. The van der Waals surface area contributed by atoms with Gasteiger partial charge in [-0.05, 0) is 28.6 Å². The van der Waals surface area contributed by atoms with Crippen LogP contribution in [0.15, 0.2) is 79.0 Å². The van der Waals surface area contributed by atoms with E-state index in [4.69, 9.17) is 0 Å². The molecule has 3 aromatic carbocycles. The molecule has 0 saturated heterocycles. The van der Waals surface area contributed by atoms with E-state index in [2.05, 4.69) is 65.6 Å². The molecule has 0 bridgehead atoms. The third kappa shape index (κ3) is 1.76. The van der Waals surface area contributed by atoms with Crippen LogP contribution < -0.4 is 0 Å². The Hall–Kier alpha value is -2.67. The molecular formula is C19H13N. The molecule has 0 aliphatic heterocycles. The first kappa shape index (κ1) is 11.2. The van der Waals surface area contributed by atoms with E-state index < -0.39 is 0 Å². The third-order valence-corrected chi connectivity index (χ3v) is 3.70. The molecule has 0 spiro atoms. The first-order valence-electron chi connectivity index (χ1n) is 6.75. The zero-order valence-electron chi connectivity index (χ0n) is 11.0. The van der Waals surface area contributed by atoms with Crippen LogP contribution in [0.2, 0.25) is 0 Å². The maximum absolute atomic E-state index is 4.54. The van der Waals surface area contributed by atoms with E-state index in [1.165, 1.54) is 27.3 Å². The van der Waals surface area contributed by atoms with Gasteiger partial charge in [0.05, 0.1) is 5.52 Å². The molecule has 0 amide bonds. The van der Waals surface area contributed by atoms with Gasteiger partial charge in [0.2, 0.25) is 0 Å². The van der Waals surface area contributed by atoms with Crippen LogP contribution in [-0.2, 0) is 0 Å². The van der Waals surface area contributed by atoms with E-state index in [9.17, 15) is 0 Å². The number of fused-ring (bicyclic) bond motifs is 3. The van der Waals surface area contributed by atoms with Crippen molar-refractivity contribution in [3.63, 3.8) is 0 Å². The smallest absolute Gasteiger partial charge is 0.0780 e. The monoisotopic (exact) mass is 255 g/mol. The van der Waals surface area contributed by atoms with Gasteiger partial charge < -0.3 is 0 Å². The van der Waals surface area contributed by atoms with Crippen LogP contribution in [0.25, 0.3) is 32.8 Å². The van der Waals surface area contributed by atoms with Gasteiger partial charge in [0, 0.05) is 17.0 Å². The lowest BCUT2D eigenvalue weighted by Crippen LogP contribution is -1.83. The van der Waals surface area contributed by atoms with Crippen molar-refractivity contribution >= 4 is 21.7 Å². The van der Waals surface area contributed by atoms with Gasteiger partial charge in [-0.15, -0.1) is 0 Å². The maximum atomic E-state index is 4.54. The summed E-state index contributed by atoms with van der Waals surface area (Å²) in [4.78, 5) is 4.54. The van der Waals surface area contributed by atoms with E-state index >= 15 is 0 Å². The number of pyridine rings is 1. The predicted molar refractivity (Wildman–Crippen MR) is 84.7 cm³/mol. The second-order valence-corrected chi connectivity index (χ2v) is 4.94. The van der Waals surface area contributed by atoms with E-state index in [1.54, 1.807) is 0 Å². The van der Waals surface area contributed by atoms with E-state index in [1.807, 2.05) is 18.3 Å². The largest absolute Gasteiger partial charge is 0.256 e. The molecule has 1 heteroatoms. The molecule has 0 fully saturated rings. The van der Waals surface area contributed by atoms with Crippen LogP contribution in [0.5, 0.6) is 0 Å². The second kappa shape index (κ2) is 4.46. The average molecular weight is 255 g/mol. The zero-order chi connectivity index (χ0) is 13.4. The topological polar surface area (TPSA) is 12.9 Å². The summed E-state index contributed by atoms with van der Waals surface area (Å²) in [5.74, 6) is 0. The molecule has 0 atom stereocenters. The van der Waals surface area contributed by atoms with Gasteiger partial charge in [0.1, 0.15) is 0 Å². The minimum absolute atomic E-state index is 1.07. The Bertz CT molecular complexity index is 895. The van der Waals surface area contributed by atoms with E-state index in [0.717, 1.165) is 5.52 Å². The molecular weight excluding hydrogens is 242 g/mol. The summed E-state index contributed by atoms with van der Waals surface area (Å²) < 4.78 is 0.